The third-order valence-corrected chi connectivity index (χ3v) is 6.56. The molecule has 4 rings (SSSR count). The molecule has 1 amide bonds. The first-order chi connectivity index (χ1) is 16.6. The summed E-state index contributed by atoms with van der Waals surface area (Å²) in [4.78, 5) is 32.9. The van der Waals surface area contributed by atoms with Crippen LogP contribution in [0.5, 0.6) is 5.75 Å². The van der Waals surface area contributed by atoms with Crippen LogP contribution in [0, 0.1) is 0 Å². The van der Waals surface area contributed by atoms with Crippen LogP contribution < -0.4 is 10.3 Å². The molecule has 1 aromatic heterocycles. The maximum atomic E-state index is 13.3. The zero-order valence-corrected chi connectivity index (χ0v) is 20.1. The minimum absolute atomic E-state index is 0.00904. The van der Waals surface area contributed by atoms with Crippen LogP contribution in [-0.4, -0.2) is 39.8 Å². The van der Waals surface area contributed by atoms with Crippen molar-refractivity contribution < 1.29 is 9.53 Å². The van der Waals surface area contributed by atoms with Gasteiger partial charge in [-0.2, -0.15) is 0 Å². The summed E-state index contributed by atoms with van der Waals surface area (Å²) in [6.07, 6.45) is 0. The molecule has 174 valence electrons. The number of amides is 1. The molecule has 0 fully saturated rings. The van der Waals surface area contributed by atoms with Gasteiger partial charge in [0.25, 0.3) is 5.56 Å². The molecule has 4 aromatic rings. The molecule has 0 N–H and O–H groups in total. The summed E-state index contributed by atoms with van der Waals surface area (Å²) in [5.41, 5.74) is 2.55. The third-order valence-electron chi connectivity index (χ3n) is 5.60. The van der Waals surface area contributed by atoms with Crippen LogP contribution in [0.1, 0.15) is 18.1 Å². The fraction of sp³-hybridized carbons (Fsp3) is 0.222. The Morgan fingerprint density at radius 1 is 0.971 bits per heavy atom. The minimum Gasteiger partial charge on any atom is -0.497 e. The van der Waals surface area contributed by atoms with E-state index in [0.29, 0.717) is 35.7 Å². The number of aromatic nitrogens is 2. The number of nitrogens with zero attached hydrogens (tertiary/aromatic N) is 3. The van der Waals surface area contributed by atoms with Gasteiger partial charge < -0.3 is 9.64 Å². The van der Waals surface area contributed by atoms with Crippen LogP contribution in [0.15, 0.2) is 88.8 Å². The second-order valence-electron chi connectivity index (χ2n) is 7.83. The maximum absolute atomic E-state index is 13.3. The van der Waals surface area contributed by atoms with Gasteiger partial charge in [-0.05, 0) is 42.3 Å². The van der Waals surface area contributed by atoms with Crippen LogP contribution in [0.25, 0.3) is 10.9 Å². The van der Waals surface area contributed by atoms with E-state index in [4.69, 9.17) is 9.72 Å². The van der Waals surface area contributed by atoms with E-state index in [-0.39, 0.29) is 17.2 Å². The van der Waals surface area contributed by atoms with Gasteiger partial charge in [0, 0.05) is 13.1 Å². The van der Waals surface area contributed by atoms with Crippen molar-refractivity contribution in [3.8, 4) is 5.75 Å². The Bertz CT molecular complexity index is 1320. The first-order valence-electron chi connectivity index (χ1n) is 11.2. The molecule has 0 aliphatic rings. The van der Waals surface area contributed by atoms with E-state index < -0.39 is 0 Å². The Hall–Kier alpha value is -3.58. The highest BCUT2D eigenvalue weighted by Crippen LogP contribution is 2.21. The summed E-state index contributed by atoms with van der Waals surface area (Å²) in [5, 5.41) is 1.09. The number of carbonyl (C=O) groups is 1. The van der Waals surface area contributed by atoms with Gasteiger partial charge in [0.05, 0.1) is 30.3 Å². The highest BCUT2D eigenvalue weighted by Gasteiger charge is 2.17. The Morgan fingerprint density at radius 3 is 2.38 bits per heavy atom. The number of carbonyl (C=O) groups excluding carboxylic acids is 1. The van der Waals surface area contributed by atoms with Crippen molar-refractivity contribution in [3.63, 3.8) is 0 Å². The zero-order valence-electron chi connectivity index (χ0n) is 19.3. The second-order valence-corrected chi connectivity index (χ2v) is 8.78. The van der Waals surface area contributed by atoms with Gasteiger partial charge in [-0.15, -0.1) is 0 Å². The fourth-order valence-electron chi connectivity index (χ4n) is 3.71. The van der Waals surface area contributed by atoms with Crippen LogP contribution in [0.2, 0.25) is 0 Å². The van der Waals surface area contributed by atoms with E-state index >= 15 is 0 Å². The van der Waals surface area contributed by atoms with Crippen LogP contribution in [-0.2, 0) is 17.9 Å². The molecular weight excluding hydrogens is 446 g/mol. The summed E-state index contributed by atoms with van der Waals surface area (Å²) >= 11 is 1.30. The Labute approximate surface area is 203 Å². The van der Waals surface area contributed by atoms with E-state index in [0.717, 1.165) is 16.9 Å². The predicted molar refractivity (Wildman–Crippen MR) is 136 cm³/mol. The number of para-hydroxylation sites is 1. The van der Waals surface area contributed by atoms with Gasteiger partial charge in [-0.1, -0.05) is 66.4 Å². The Kier molecular flexibility index (Phi) is 7.65. The average molecular weight is 474 g/mol. The molecule has 1 heterocycles. The molecule has 0 aliphatic heterocycles. The van der Waals surface area contributed by atoms with E-state index in [1.54, 1.807) is 17.7 Å². The lowest BCUT2D eigenvalue weighted by Crippen LogP contribution is -2.32. The molecule has 0 aliphatic carbocycles. The summed E-state index contributed by atoms with van der Waals surface area (Å²) in [5.74, 6) is 0.967. The number of thioether (sulfide) groups is 1. The lowest BCUT2D eigenvalue weighted by atomic mass is 10.2. The fourth-order valence-corrected chi connectivity index (χ4v) is 4.61. The Morgan fingerprint density at radius 2 is 1.68 bits per heavy atom. The monoisotopic (exact) mass is 473 g/mol. The number of ether oxygens (including phenoxy) is 1. The summed E-state index contributed by atoms with van der Waals surface area (Å²) < 4.78 is 6.89. The predicted octanol–water partition coefficient (Wildman–Crippen LogP) is 4.59. The van der Waals surface area contributed by atoms with Gasteiger partial charge in [-0.3, -0.25) is 14.2 Å². The third kappa shape index (κ3) is 5.48. The topological polar surface area (TPSA) is 64.4 Å². The van der Waals surface area contributed by atoms with Crippen molar-refractivity contribution in [3.05, 3.63) is 100 Å². The lowest BCUT2D eigenvalue weighted by molar-refractivity contribution is -0.128. The molecule has 0 saturated heterocycles. The van der Waals surface area contributed by atoms with E-state index in [1.807, 2.05) is 84.6 Å². The number of hydrogen-bond donors (Lipinski definition) is 0. The zero-order chi connectivity index (χ0) is 23.9. The molecule has 0 bridgehead atoms. The number of rotatable bonds is 9. The molecular formula is C27H27N3O3S. The van der Waals surface area contributed by atoms with Crippen molar-refractivity contribution >= 4 is 28.6 Å². The van der Waals surface area contributed by atoms with E-state index in [2.05, 4.69) is 0 Å². The van der Waals surface area contributed by atoms with Crippen molar-refractivity contribution in [1.29, 1.82) is 0 Å². The molecule has 0 spiro atoms. The standard InChI is InChI=1S/C27H27N3O3S/c1-3-29(17-20-9-5-4-6-10-20)25(31)19-34-27-28-24-12-8-7-11-23(24)26(32)30(27)18-21-13-15-22(33-2)16-14-21/h4-16H,3,17-19H2,1-2H3. The molecule has 7 heteroatoms. The van der Waals surface area contributed by atoms with Gasteiger partial charge in [0.1, 0.15) is 5.75 Å². The highest BCUT2D eigenvalue weighted by atomic mass is 32.2. The molecule has 0 unspecified atom stereocenters. The normalized spacial score (nSPS) is 10.9. The van der Waals surface area contributed by atoms with E-state index in [1.165, 1.54) is 11.8 Å². The molecule has 34 heavy (non-hydrogen) atoms. The number of benzene rings is 3. The average Bonchev–Trinajstić information content (AvgIpc) is 2.88. The summed E-state index contributed by atoms with van der Waals surface area (Å²) in [7, 11) is 1.62. The SMILES string of the molecule is CCN(Cc1ccccc1)C(=O)CSc1nc2ccccc2c(=O)n1Cc1ccc(OC)cc1. The maximum Gasteiger partial charge on any atom is 0.262 e. The molecule has 0 atom stereocenters. The van der Waals surface area contributed by atoms with Crippen LogP contribution >= 0.6 is 11.8 Å². The van der Waals surface area contributed by atoms with Gasteiger partial charge >= 0.3 is 0 Å². The summed E-state index contributed by atoms with van der Waals surface area (Å²) in [6, 6.07) is 24.8. The second kappa shape index (κ2) is 11.0. The Balaban J connectivity index is 1.59. The van der Waals surface area contributed by atoms with Crippen molar-refractivity contribution in [2.24, 2.45) is 0 Å². The first kappa shape index (κ1) is 23.6. The molecule has 3 aromatic carbocycles. The van der Waals surface area contributed by atoms with Crippen molar-refractivity contribution in [1.82, 2.24) is 14.5 Å². The minimum atomic E-state index is -0.118. The largest absolute Gasteiger partial charge is 0.497 e. The smallest absolute Gasteiger partial charge is 0.262 e. The van der Waals surface area contributed by atoms with Gasteiger partial charge in [-0.25, -0.2) is 4.98 Å². The van der Waals surface area contributed by atoms with Crippen LogP contribution in [0.3, 0.4) is 0 Å². The van der Waals surface area contributed by atoms with Crippen molar-refractivity contribution in [2.75, 3.05) is 19.4 Å². The quantitative estimate of drug-likeness (QED) is 0.263. The van der Waals surface area contributed by atoms with E-state index in [9.17, 15) is 9.59 Å². The number of fused-ring (bicyclic) bond motifs is 1. The summed E-state index contributed by atoms with van der Waals surface area (Å²) in [6.45, 7) is 3.50. The molecule has 0 saturated carbocycles. The van der Waals surface area contributed by atoms with Crippen LogP contribution in [0.4, 0.5) is 0 Å². The van der Waals surface area contributed by atoms with Crippen molar-refractivity contribution in [2.45, 2.75) is 25.2 Å². The lowest BCUT2D eigenvalue weighted by Gasteiger charge is -2.21. The highest BCUT2D eigenvalue weighted by molar-refractivity contribution is 7.99. The molecule has 6 nitrogen and oxygen atoms in total. The first-order valence-corrected chi connectivity index (χ1v) is 12.1. The van der Waals surface area contributed by atoms with Gasteiger partial charge in [0.2, 0.25) is 5.91 Å². The van der Waals surface area contributed by atoms with Gasteiger partial charge in [0.15, 0.2) is 5.16 Å². The molecule has 0 radical (unpaired) electrons. The number of hydrogen-bond acceptors (Lipinski definition) is 5. The number of methoxy groups -OCH3 is 1.